The lowest BCUT2D eigenvalue weighted by Crippen LogP contribution is -2.37. The highest BCUT2D eigenvalue weighted by molar-refractivity contribution is 7.13. The van der Waals surface area contributed by atoms with Gasteiger partial charge in [-0.1, -0.05) is 6.07 Å². The normalized spacial score (nSPS) is 13.4. The van der Waals surface area contributed by atoms with Gasteiger partial charge >= 0.3 is 0 Å². The molecule has 0 unspecified atom stereocenters. The Kier molecular flexibility index (Phi) is 4.71. The van der Waals surface area contributed by atoms with E-state index in [1.165, 1.54) is 11.3 Å². The molecular weight excluding hydrogens is 328 g/mol. The van der Waals surface area contributed by atoms with Crippen molar-refractivity contribution >= 4 is 23.2 Å². The van der Waals surface area contributed by atoms with Crippen LogP contribution in [0.4, 0.5) is 0 Å². The van der Waals surface area contributed by atoms with E-state index in [0.717, 1.165) is 10.4 Å². The molecule has 7 heteroatoms. The maximum Gasteiger partial charge on any atom is 0.261 e. The number of rotatable bonds is 5. The van der Waals surface area contributed by atoms with Crippen LogP contribution in [0.5, 0.6) is 11.5 Å². The number of hydrogen-bond acceptors (Lipinski definition) is 5. The molecule has 0 spiro atoms. The maximum absolute atomic E-state index is 12.0. The van der Waals surface area contributed by atoms with E-state index in [1.807, 2.05) is 38.1 Å². The minimum Gasteiger partial charge on any atom is -0.454 e. The van der Waals surface area contributed by atoms with E-state index in [0.29, 0.717) is 16.4 Å². The third-order valence-electron chi connectivity index (χ3n) is 3.65. The van der Waals surface area contributed by atoms with Gasteiger partial charge in [0.15, 0.2) is 11.5 Å². The predicted molar refractivity (Wildman–Crippen MR) is 90.5 cm³/mol. The van der Waals surface area contributed by atoms with E-state index >= 15 is 0 Å². The van der Waals surface area contributed by atoms with Gasteiger partial charge in [0.1, 0.15) is 0 Å². The van der Waals surface area contributed by atoms with Crippen molar-refractivity contribution in [1.82, 2.24) is 10.6 Å². The second kappa shape index (κ2) is 6.92. The van der Waals surface area contributed by atoms with Crippen LogP contribution in [-0.2, 0) is 4.79 Å². The largest absolute Gasteiger partial charge is 0.454 e. The van der Waals surface area contributed by atoms with Crippen molar-refractivity contribution in [3.8, 4) is 11.5 Å². The fourth-order valence-electron chi connectivity index (χ4n) is 2.36. The molecule has 24 heavy (non-hydrogen) atoms. The van der Waals surface area contributed by atoms with Crippen LogP contribution in [0.15, 0.2) is 30.3 Å². The summed E-state index contributed by atoms with van der Waals surface area (Å²) in [5, 5.41) is 5.48. The molecule has 1 atom stereocenters. The molecule has 6 nitrogen and oxygen atoms in total. The van der Waals surface area contributed by atoms with Gasteiger partial charge in [-0.25, -0.2) is 0 Å². The van der Waals surface area contributed by atoms with Gasteiger partial charge in [0.25, 0.3) is 5.91 Å². The molecular formula is C17H18N2O4S. The van der Waals surface area contributed by atoms with Gasteiger partial charge in [-0.2, -0.15) is 0 Å². The smallest absolute Gasteiger partial charge is 0.261 e. The molecule has 2 N–H and O–H groups in total. The van der Waals surface area contributed by atoms with Gasteiger partial charge in [0.05, 0.1) is 17.5 Å². The predicted octanol–water partition coefficient (Wildman–Crippen LogP) is 2.39. The van der Waals surface area contributed by atoms with Crippen molar-refractivity contribution in [2.24, 2.45) is 0 Å². The van der Waals surface area contributed by atoms with Gasteiger partial charge in [0.2, 0.25) is 12.7 Å². The molecule has 0 radical (unpaired) electrons. The molecule has 2 heterocycles. The molecule has 2 aromatic rings. The molecule has 3 rings (SSSR count). The van der Waals surface area contributed by atoms with Gasteiger partial charge in [0, 0.05) is 4.88 Å². The number of thiophene rings is 1. The first kappa shape index (κ1) is 16.3. The first-order valence-electron chi connectivity index (χ1n) is 7.56. The van der Waals surface area contributed by atoms with Gasteiger partial charge in [-0.3, -0.25) is 9.59 Å². The van der Waals surface area contributed by atoms with E-state index in [-0.39, 0.29) is 31.2 Å². The highest BCUT2D eigenvalue weighted by Gasteiger charge is 2.17. The molecule has 126 valence electrons. The SMILES string of the molecule is Cc1ccc(C(=O)NCC(=O)N[C@@H](C)c2ccc3c(c2)OCO3)s1. The lowest BCUT2D eigenvalue weighted by Gasteiger charge is -2.15. The summed E-state index contributed by atoms with van der Waals surface area (Å²) >= 11 is 1.40. The Morgan fingerprint density at radius 3 is 2.75 bits per heavy atom. The molecule has 0 saturated heterocycles. The maximum atomic E-state index is 12.0. The highest BCUT2D eigenvalue weighted by Crippen LogP contribution is 2.34. The zero-order valence-corrected chi connectivity index (χ0v) is 14.2. The Morgan fingerprint density at radius 1 is 1.21 bits per heavy atom. The standard InChI is InChI=1S/C17H18N2O4S/c1-10-3-6-15(24-10)17(21)18-8-16(20)19-11(2)12-4-5-13-14(7-12)23-9-22-13/h3-7,11H,8-9H2,1-2H3,(H,18,21)(H,19,20)/t11-/m0/s1. The number of fused-ring (bicyclic) bond motifs is 1. The number of amides is 2. The van der Waals surface area contributed by atoms with Crippen molar-refractivity contribution in [3.63, 3.8) is 0 Å². The minimum atomic E-state index is -0.248. The topological polar surface area (TPSA) is 76.7 Å². The van der Waals surface area contributed by atoms with Crippen LogP contribution >= 0.6 is 11.3 Å². The summed E-state index contributed by atoms with van der Waals surface area (Å²) in [6, 6.07) is 8.98. The second-order valence-corrected chi connectivity index (χ2v) is 6.78. The highest BCUT2D eigenvalue weighted by atomic mass is 32.1. The van der Waals surface area contributed by atoms with Crippen molar-refractivity contribution in [2.45, 2.75) is 19.9 Å². The third kappa shape index (κ3) is 3.68. The van der Waals surface area contributed by atoms with Crippen LogP contribution < -0.4 is 20.1 Å². The Morgan fingerprint density at radius 2 is 2.00 bits per heavy atom. The van der Waals surface area contributed by atoms with Crippen molar-refractivity contribution in [3.05, 3.63) is 45.6 Å². The molecule has 0 saturated carbocycles. The first-order valence-corrected chi connectivity index (χ1v) is 8.38. The minimum absolute atomic E-state index is 0.0648. The average molecular weight is 346 g/mol. The Balaban J connectivity index is 1.52. The van der Waals surface area contributed by atoms with Crippen LogP contribution in [-0.4, -0.2) is 25.2 Å². The average Bonchev–Trinajstić information content (AvgIpc) is 3.20. The summed E-state index contributed by atoms with van der Waals surface area (Å²) in [5.74, 6) is 0.895. The van der Waals surface area contributed by atoms with Gasteiger partial charge < -0.3 is 20.1 Å². The second-order valence-electron chi connectivity index (χ2n) is 5.49. The third-order valence-corrected chi connectivity index (χ3v) is 4.65. The summed E-state index contributed by atoms with van der Waals surface area (Å²) < 4.78 is 10.6. The molecule has 1 aliphatic rings. The van der Waals surface area contributed by atoms with E-state index < -0.39 is 0 Å². The van der Waals surface area contributed by atoms with Crippen LogP contribution in [0, 0.1) is 6.92 Å². The Labute approximate surface area is 143 Å². The Hall–Kier alpha value is -2.54. The molecule has 0 aliphatic carbocycles. The Bertz CT molecular complexity index is 772. The van der Waals surface area contributed by atoms with Crippen LogP contribution in [0.3, 0.4) is 0 Å². The number of nitrogens with one attached hydrogen (secondary N) is 2. The van der Waals surface area contributed by atoms with Crippen molar-refractivity contribution in [2.75, 3.05) is 13.3 Å². The number of hydrogen-bond donors (Lipinski definition) is 2. The number of ether oxygens (including phenoxy) is 2. The van der Waals surface area contributed by atoms with E-state index in [9.17, 15) is 9.59 Å². The molecule has 1 aromatic heterocycles. The van der Waals surface area contributed by atoms with Gasteiger partial charge in [-0.15, -0.1) is 11.3 Å². The zero-order valence-electron chi connectivity index (χ0n) is 13.4. The number of benzene rings is 1. The number of aryl methyl sites for hydroxylation is 1. The summed E-state index contributed by atoms with van der Waals surface area (Å²) in [4.78, 5) is 25.6. The van der Waals surface area contributed by atoms with E-state index in [2.05, 4.69) is 10.6 Å². The fraction of sp³-hybridized carbons (Fsp3) is 0.294. The number of carbonyl (C=O) groups is 2. The summed E-state index contributed by atoms with van der Waals surface area (Å²) in [7, 11) is 0. The van der Waals surface area contributed by atoms with E-state index in [4.69, 9.17) is 9.47 Å². The lowest BCUT2D eigenvalue weighted by atomic mass is 10.1. The molecule has 0 fully saturated rings. The number of carbonyl (C=O) groups excluding carboxylic acids is 2. The van der Waals surface area contributed by atoms with E-state index in [1.54, 1.807) is 6.07 Å². The van der Waals surface area contributed by atoms with Crippen molar-refractivity contribution < 1.29 is 19.1 Å². The molecule has 1 aromatic carbocycles. The summed E-state index contributed by atoms with van der Waals surface area (Å²) in [6.07, 6.45) is 0. The summed E-state index contributed by atoms with van der Waals surface area (Å²) in [6.45, 7) is 3.96. The fourth-order valence-corrected chi connectivity index (χ4v) is 3.15. The molecule has 2 amide bonds. The zero-order chi connectivity index (χ0) is 17.1. The van der Waals surface area contributed by atoms with Crippen molar-refractivity contribution in [1.29, 1.82) is 0 Å². The monoisotopic (exact) mass is 346 g/mol. The lowest BCUT2D eigenvalue weighted by molar-refractivity contribution is -0.120. The van der Waals surface area contributed by atoms with Crippen LogP contribution in [0.25, 0.3) is 0 Å². The quantitative estimate of drug-likeness (QED) is 0.871. The molecule has 0 bridgehead atoms. The van der Waals surface area contributed by atoms with Crippen LogP contribution in [0.2, 0.25) is 0 Å². The van der Waals surface area contributed by atoms with Crippen LogP contribution in [0.1, 0.15) is 33.1 Å². The summed E-state index contributed by atoms with van der Waals surface area (Å²) in [5.41, 5.74) is 0.910. The first-order chi connectivity index (χ1) is 11.5. The van der Waals surface area contributed by atoms with Gasteiger partial charge in [-0.05, 0) is 43.7 Å². The molecule has 1 aliphatic heterocycles.